The number of benzene rings is 2. The van der Waals surface area contributed by atoms with E-state index in [1.807, 2.05) is 0 Å². The van der Waals surface area contributed by atoms with Gasteiger partial charge in [-0.3, -0.25) is 30.3 Å². The maximum atomic E-state index is 10.4. The average Bonchev–Trinajstić information content (AvgIpc) is 2.69. The fourth-order valence-corrected chi connectivity index (χ4v) is 2.45. The first-order valence-corrected chi connectivity index (χ1v) is 8.77. The van der Waals surface area contributed by atoms with Gasteiger partial charge in [0.15, 0.2) is 0 Å². The highest BCUT2D eigenvalue weighted by Crippen LogP contribution is 2.38. The molecule has 0 aliphatic rings. The van der Waals surface area contributed by atoms with E-state index < -0.39 is 37.6 Å². The summed E-state index contributed by atoms with van der Waals surface area (Å²) in [6.07, 6.45) is 1.17. The van der Waals surface area contributed by atoms with Crippen LogP contribution < -0.4 is 0 Å². The lowest BCUT2D eigenvalue weighted by Gasteiger charge is -2.17. The summed E-state index contributed by atoms with van der Waals surface area (Å²) in [6.45, 7) is 7.92. The zero-order chi connectivity index (χ0) is 22.0. The number of nitro benzene ring substituents is 3. The number of aromatic hydroxyl groups is 1. The number of hydrogen-bond acceptors (Lipinski definition) is 8. The Balaban J connectivity index is 0.000000296. The maximum absolute atomic E-state index is 10.4. The van der Waals surface area contributed by atoms with Crippen molar-refractivity contribution in [1.82, 2.24) is 4.90 Å². The second kappa shape index (κ2) is 11.3. The van der Waals surface area contributed by atoms with Crippen LogP contribution in [0.4, 0.5) is 17.1 Å². The van der Waals surface area contributed by atoms with Crippen LogP contribution in [0.3, 0.4) is 0 Å². The van der Waals surface area contributed by atoms with Crippen molar-refractivity contribution in [2.75, 3.05) is 19.6 Å². The SMILES string of the molecule is CCN(CC)CCc1ccccc1.O=[N+]([O-])c1cc([N+](=O)[O-])c(O)c([N+](=O)[O-])c1. The van der Waals surface area contributed by atoms with E-state index in [1.165, 1.54) is 18.5 Å². The number of non-ortho nitro benzene ring substituents is 1. The Morgan fingerprint density at radius 1 is 0.862 bits per heavy atom. The number of phenols is 1. The molecule has 1 N–H and O–H groups in total. The molecule has 156 valence electrons. The molecule has 29 heavy (non-hydrogen) atoms. The molecule has 0 spiro atoms. The third-order valence-corrected chi connectivity index (χ3v) is 4.11. The van der Waals surface area contributed by atoms with E-state index in [9.17, 15) is 30.3 Å². The van der Waals surface area contributed by atoms with Crippen molar-refractivity contribution in [3.05, 3.63) is 78.4 Å². The molecular formula is C18H22N4O7. The smallest absolute Gasteiger partial charge is 0.324 e. The highest BCUT2D eigenvalue weighted by Gasteiger charge is 2.30. The van der Waals surface area contributed by atoms with Gasteiger partial charge >= 0.3 is 11.4 Å². The van der Waals surface area contributed by atoms with Gasteiger partial charge in [0, 0.05) is 6.54 Å². The molecular weight excluding hydrogens is 384 g/mol. The zero-order valence-corrected chi connectivity index (χ0v) is 16.1. The van der Waals surface area contributed by atoms with Gasteiger partial charge in [-0.1, -0.05) is 44.2 Å². The molecule has 0 fully saturated rings. The first kappa shape index (κ1) is 23.4. The summed E-state index contributed by atoms with van der Waals surface area (Å²) < 4.78 is 0. The average molecular weight is 406 g/mol. The predicted octanol–water partition coefficient (Wildman–Crippen LogP) is 3.69. The normalized spacial score (nSPS) is 10.2. The van der Waals surface area contributed by atoms with Crippen LogP contribution in [0.15, 0.2) is 42.5 Å². The molecule has 2 aromatic carbocycles. The van der Waals surface area contributed by atoms with Gasteiger partial charge in [0.05, 0.1) is 26.9 Å². The molecule has 11 heteroatoms. The second-order valence-electron chi connectivity index (χ2n) is 5.87. The second-order valence-corrected chi connectivity index (χ2v) is 5.87. The lowest BCUT2D eigenvalue weighted by molar-refractivity contribution is -0.404. The molecule has 0 atom stereocenters. The van der Waals surface area contributed by atoms with Crippen molar-refractivity contribution >= 4 is 17.1 Å². The van der Waals surface area contributed by atoms with E-state index in [0.29, 0.717) is 12.1 Å². The van der Waals surface area contributed by atoms with E-state index in [-0.39, 0.29) is 0 Å². The summed E-state index contributed by atoms with van der Waals surface area (Å²) in [5.41, 5.74) is -1.56. The minimum Gasteiger partial charge on any atom is -0.497 e. The van der Waals surface area contributed by atoms with Gasteiger partial charge in [0.25, 0.3) is 11.4 Å². The van der Waals surface area contributed by atoms with Crippen LogP contribution in [0, 0.1) is 30.3 Å². The minimum atomic E-state index is -1.21. The summed E-state index contributed by atoms with van der Waals surface area (Å²) in [5, 5.41) is 40.2. The van der Waals surface area contributed by atoms with E-state index in [1.54, 1.807) is 0 Å². The van der Waals surface area contributed by atoms with Gasteiger partial charge in [-0.05, 0) is 25.1 Å². The van der Waals surface area contributed by atoms with E-state index in [2.05, 4.69) is 49.1 Å². The Bertz CT molecular complexity index is 820. The van der Waals surface area contributed by atoms with Crippen LogP contribution in [-0.4, -0.2) is 44.4 Å². The largest absolute Gasteiger partial charge is 0.497 e. The molecule has 0 aliphatic heterocycles. The van der Waals surface area contributed by atoms with Crippen LogP contribution in [0.5, 0.6) is 5.75 Å². The first-order chi connectivity index (χ1) is 13.7. The lowest BCUT2D eigenvalue weighted by atomic mass is 10.1. The maximum Gasteiger partial charge on any atom is 0.324 e. The zero-order valence-electron chi connectivity index (χ0n) is 16.1. The van der Waals surface area contributed by atoms with Gasteiger partial charge in [0.1, 0.15) is 0 Å². The van der Waals surface area contributed by atoms with Crippen molar-refractivity contribution in [2.45, 2.75) is 20.3 Å². The molecule has 2 aromatic rings. The molecule has 0 aliphatic carbocycles. The van der Waals surface area contributed by atoms with Crippen molar-refractivity contribution in [3.63, 3.8) is 0 Å². The van der Waals surface area contributed by atoms with Gasteiger partial charge < -0.3 is 10.0 Å². The Morgan fingerprint density at radius 3 is 1.72 bits per heavy atom. The molecule has 0 heterocycles. The topological polar surface area (TPSA) is 153 Å². The highest BCUT2D eigenvalue weighted by atomic mass is 16.6. The fourth-order valence-electron chi connectivity index (χ4n) is 2.45. The molecule has 2 rings (SSSR count). The standard InChI is InChI=1S/C12H19N.C6H3N3O7/c1-3-13(4-2)11-10-12-8-6-5-7-9-12;10-6-4(8(13)14)1-3(7(11)12)2-5(6)9(15)16/h5-9H,3-4,10-11H2,1-2H3;1-2,10H. The van der Waals surface area contributed by atoms with E-state index in [4.69, 9.17) is 5.11 Å². The van der Waals surface area contributed by atoms with Gasteiger partial charge in [-0.2, -0.15) is 0 Å². The minimum absolute atomic E-state index is 0.447. The molecule has 11 nitrogen and oxygen atoms in total. The number of nitro groups is 3. The third-order valence-electron chi connectivity index (χ3n) is 4.11. The van der Waals surface area contributed by atoms with Crippen LogP contribution in [0.2, 0.25) is 0 Å². The highest BCUT2D eigenvalue weighted by molar-refractivity contribution is 5.64. The molecule has 0 saturated carbocycles. The van der Waals surface area contributed by atoms with E-state index in [0.717, 1.165) is 13.1 Å². The Hall–Kier alpha value is -3.60. The monoisotopic (exact) mass is 406 g/mol. The van der Waals surface area contributed by atoms with Gasteiger partial charge in [0.2, 0.25) is 0 Å². The van der Waals surface area contributed by atoms with Crippen LogP contribution in [-0.2, 0) is 6.42 Å². The van der Waals surface area contributed by atoms with Gasteiger partial charge in [-0.15, -0.1) is 0 Å². The van der Waals surface area contributed by atoms with Crippen molar-refractivity contribution in [2.24, 2.45) is 0 Å². The van der Waals surface area contributed by atoms with Gasteiger partial charge in [-0.25, -0.2) is 0 Å². The van der Waals surface area contributed by atoms with Crippen LogP contribution in [0.25, 0.3) is 0 Å². The summed E-state index contributed by atoms with van der Waals surface area (Å²) in [7, 11) is 0. The number of nitrogens with zero attached hydrogens (tertiary/aromatic N) is 4. The summed E-state index contributed by atoms with van der Waals surface area (Å²) in [5.74, 6) is -1.21. The Kier molecular flexibility index (Phi) is 9.13. The van der Waals surface area contributed by atoms with Crippen molar-refractivity contribution < 1.29 is 19.9 Å². The van der Waals surface area contributed by atoms with Crippen molar-refractivity contribution in [3.8, 4) is 5.75 Å². The van der Waals surface area contributed by atoms with Crippen LogP contribution in [0.1, 0.15) is 19.4 Å². The van der Waals surface area contributed by atoms with Crippen molar-refractivity contribution in [1.29, 1.82) is 0 Å². The Morgan fingerprint density at radius 2 is 1.34 bits per heavy atom. The first-order valence-electron chi connectivity index (χ1n) is 8.77. The number of hydrogen-bond donors (Lipinski definition) is 1. The predicted molar refractivity (Wildman–Crippen MR) is 106 cm³/mol. The lowest BCUT2D eigenvalue weighted by Crippen LogP contribution is -2.25. The molecule has 0 amide bonds. The molecule has 0 aromatic heterocycles. The summed E-state index contributed by atoms with van der Waals surface area (Å²) in [6, 6.07) is 11.6. The number of likely N-dealkylation sites (N-methyl/N-ethyl adjacent to an activating group) is 1. The number of phenolic OH excluding ortho intramolecular Hbond substituents is 1. The van der Waals surface area contributed by atoms with E-state index >= 15 is 0 Å². The molecule has 0 unspecified atom stereocenters. The van der Waals surface area contributed by atoms with Crippen LogP contribution >= 0.6 is 0 Å². The molecule has 0 bridgehead atoms. The molecule has 0 saturated heterocycles. The summed E-state index contributed by atoms with van der Waals surface area (Å²) >= 11 is 0. The Labute approximate surface area is 166 Å². The number of rotatable bonds is 8. The third kappa shape index (κ3) is 7.14. The quantitative estimate of drug-likeness (QED) is 0.514. The summed E-state index contributed by atoms with van der Waals surface area (Å²) in [4.78, 5) is 30.2. The molecule has 0 radical (unpaired) electrons. The fraction of sp³-hybridized carbons (Fsp3) is 0.333.